The van der Waals surface area contributed by atoms with Gasteiger partial charge >= 0.3 is 5.97 Å². The number of aliphatic imine (C=N–C) groups is 1. The van der Waals surface area contributed by atoms with Gasteiger partial charge in [-0.2, -0.15) is 0 Å². The van der Waals surface area contributed by atoms with E-state index in [0.717, 1.165) is 51.3 Å². The molecule has 0 aromatic heterocycles. The van der Waals surface area contributed by atoms with Gasteiger partial charge in [0.15, 0.2) is 5.96 Å². The second-order valence-corrected chi connectivity index (χ2v) is 7.17. The number of guanidine groups is 1. The lowest BCUT2D eigenvalue weighted by molar-refractivity contribution is -0.146. The van der Waals surface area contributed by atoms with Gasteiger partial charge in [0.25, 0.3) is 0 Å². The standard InChI is InChI=1S/C19H34N4O3.HI/c1-3-20-19(23-13-10-15(11-14-23)18(25)26-2)21-12-9-17(24)22-16-7-5-4-6-8-16;/h15-16H,3-14H2,1-2H3,(H,20,21)(H,22,24);1H. The molecule has 1 aliphatic carbocycles. The maximum absolute atomic E-state index is 12.1. The highest BCUT2D eigenvalue weighted by Gasteiger charge is 2.27. The summed E-state index contributed by atoms with van der Waals surface area (Å²) in [5.41, 5.74) is 0. The Morgan fingerprint density at radius 1 is 1.11 bits per heavy atom. The van der Waals surface area contributed by atoms with Crippen LogP contribution in [0.15, 0.2) is 4.99 Å². The number of nitrogens with zero attached hydrogens (tertiary/aromatic N) is 2. The number of likely N-dealkylation sites (tertiary alicyclic amines) is 1. The Morgan fingerprint density at radius 3 is 2.37 bits per heavy atom. The predicted molar refractivity (Wildman–Crippen MR) is 117 cm³/mol. The molecule has 156 valence electrons. The van der Waals surface area contributed by atoms with E-state index in [1.807, 2.05) is 6.92 Å². The molecule has 2 fully saturated rings. The lowest BCUT2D eigenvalue weighted by atomic mass is 9.95. The number of methoxy groups -OCH3 is 1. The molecular formula is C19H35IN4O3. The van der Waals surface area contributed by atoms with Crippen molar-refractivity contribution in [1.82, 2.24) is 15.5 Å². The Hall–Kier alpha value is -1.06. The number of esters is 1. The van der Waals surface area contributed by atoms with Gasteiger partial charge in [-0.1, -0.05) is 19.3 Å². The molecule has 1 aliphatic heterocycles. The minimum absolute atomic E-state index is 0. The zero-order chi connectivity index (χ0) is 18.8. The highest BCUT2D eigenvalue weighted by molar-refractivity contribution is 14.0. The van der Waals surface area contributed by atoms with Crippen molar-refractivity contribution < 1.29 is 14.3 Å². The van der Waals surface area contributed by atoms with E-state index in [1.165, 1.54) is 26.4 Å². The molecule has 1 heterocycles. The summed E-state index contributed by atoms with van der Waals surface area (Å²) in [5, 5.41) is 6.43. The Bertz CT molecular complexity index is 487. The quantitative estimate of drug-likeness (QED) is 0.256. The van der Waals surface area contributed by atoms with E-state index in [9.17, 15) is 9.59 Å². The molecule has 0 aromatic rings. The number of rotatable bonds is 6. The van der Waals surface area contributed by atoms with Gasteiger partial charge in [0, 0.05) is 32.1 Å². The van der Waals surface area contributed by atoms with E-state index in [2.05, 4.69) is 20.5 Å². The van der Waals surface area contributed by atoms with E-state index in [0.29, 0.717) is 19.0 Å². The molecule has 2 rings (SSSR count). The molecule has 0 aromatic carbocycles. The topological polar surface area (TPSA) is 83.0 Å². The van der Waals surface area contributed by atoms with Crippen LogP contribution in [0.5, 0.6) is 0 Å². The number of halogens is 1. The summed E-state index contributed by atoms with van der Waals surface area (Å²) in [6.45, 7) is 4.86. The number of hydrogen-bond acceptors (Lipinski definition) is 4. The maximum Gasteiger partial charge on any atom is 0.308 e. The lowest BCUT2D eigenvalue weighted by Crippen LogP contribution is -2.46. The third-order valence-corrected chi connectivity index (χ3v) is 5.23. The van der Waals surface area contributed by atoms with Gasteiger partial charge in [-0.15, -0.1) is 24.0 Å². The highest BCUT2D eigenvalue weighted by Crippen LogP contribution is 2.19. The van der Waals surface area contributed by atoms with E-state index >= 15 is 0 Å². The van der Waals surface area contributed by atoms with E-state index in [1.54, 1.807) is 0 Å². The van der Waals surface area contributed by atoms with Crippen LogP contribution < -0.4 is 10.6 Å². The van der Waals surface area contributed by atoms with Crippen molar-refractivity contribution in [1.29, 1.82) is 0 Å². The summed E-state index contributed by atoms with van der Waals surface area (Å²) in [6, 6.07) is 0.353. The Kier molecular flexibility index (Phi) is 11.7. The van der Waals surface area contributed by atoms with Crippen molar-refractivity contribution in [2.24, 2.45) is 10.9 Å². The Balaban J connectivity index is 0.00000364. The zero-order valence-corrected chi connectivity index (χ0v) is 19.0. The van der Waals surface area contributed by atoms with Crippen LogP contribution in [0.2, 0.25) is 0 Å². The Morgan fingerprint density at radius 2 is 1.78 bits per heavy atom. The molecule has 0 radical (unpaired) electrons. The fourth-order valence-corrected chi connectivity index (χ4v) is 3.73. The number of nitrogens with one attached hydrogen (secondary N) is 2. The first kappa shape index (κ1) is 24.0. The first-order valence-electron chi connectivity index (χ1n) is 10.0. The van der Waals surface area contributed by atoms with Crippen LogP contribution in [0.3, 0.4) is 0 Å². The van der Waals surface area contributed by atoms with E-state index < -0.39 is 0 Å². The smallest absolute Gasteiger partial charge is 0.308 e. The summed E-state index contributed by atoms with van der Waals surface area (Å²) in [5.74, 6) is 0.800. The number of piperidine rings is 1. The molecule has 27 heavy (non-hydrogen) atoms. The van der Waals surface area contributed by atoms with Crippen LogP contribution in [0.4, 0.5) is 0 Å². The number of hydrogen-bond donors (Lipinski definition) is 2. The lowest BCUT2D eigenvalue weighted by Gasteiger charge is -2.33. The number of carbonyl (C=O) groups is 2. The zero-order valence-electron chi connectivity index (χ0n) is 16.7. The number of carbonyl (C=O) groups excluding carboxylic acids is 2. The first-order valence-corrected chi connectivity index (χ1v) is 10.0. The van der Waals surface area contributed by atoms with Crippen molar-refractivity contribution in [2.75, 3.05) is 33.3 Å². The molecule has 1 amide bonds. The van der Waals surface area contributed by atoms with Crippen molar-refractivity contribution in [3.05, 3.63) is 0 Å². The number of amides is 1. The minimum atomic E-state index is -0.119. The summed E-state index contributed by atoms with van der Waals surface area (Å²) >= 11 is 0. The van der Waals surface area contributed by atoms with Crippen LogP contribution in [0, 0.1) is 5.92 Å². The highest BCUT2D eigenvalue weighted by atomic mass is 127. The summed E-state index contributed by atoms with van der Waals surface area (Å²) < 4.78 is 4.84. The maximum atomic E-state index is 12.1. The van der Waals surface area contributed by atoms with Gasteiger partial charge in [-0.25, -0.2) is 0 Å². The molecule has 0 bridgehead atoms. The molecule has 7 nitrogen and oxygen atoms in total. The van der Waals surface area contributed by atoms with Crippen LogP contribution in [0.1, 0.15) is 58.3 Å². The molecule has 0 spiro atoms. The van der Waals surface area contributed by atoms with Gasteiger partial charge in [-0.05, 0) is 32.6 Å². The van der Waals surface area contributed by atoms with E-state index in [4.69, 9.17) is 4.74 Å². The summed E-state index contributed by atoms with van der Waals surface area (Å²) in [6.07, 6.45) is 7.90. The molecule has 8 heteroatoms. The van der Waals surface area contributed by atoms with Crippen molar-refractivity contribution >= 4 is 41.8 Å². The normalized spacial score (nSPS) is 19.2. The molecule has 2 aliphatic rings. The second-order valence-electron chi connectivity index (χ2n) is 7.17. The second kappa shape index (κ2) is 13.2. The van der Waals surface area contributed by atoms with E-state index in [-0.39, 0.29) is 41.8 Å². The van der Waals surface area contributed by atoms with Gasteiger partial charge in [0.2, 0.25) is 5.91 Å². The third kappa shape index (κ3) is 8.23. The third-order valence-electron chi connectivity index (χ3n) is 5.23. The minimum Gasteiger partial charge on any atom is -0.469 e. The first-order chi connectivity index (χ1) is 12.6. The number of ether oxygens (including phenoxy) is 1. The van der Waals surface area contributed by atoms with Gasteiger partial charge in [0.05, 0.1) is 19.6 Å². The van der Waals surface area contributed by atoms with Gasteiger partial charge in [-0.3, -0.25) is 14.6 Å². The van der Waals surface area contributed by atoms with Crippen LogP contribution >= 0.6 is 24.0 Å². The van der Waals surface area contributed by atoms with Crippen molar-refractivity contribution in [2.45, 2.75) is 64.3 Å². The van der Waals surface area contributed by atoms with Crippen molar-refractivity contribution in [3.8, 4) is 0 Å². The predicted octanol–water partition coefficient (Wildman–Crippen LogP) is 2.29. The SMILES string of the molecule is CCNC(=NCCC(=O)NC1CCCCC1)N1CCC(C(=O)OC)CC1.I. The largest absolute Gasteiger partial charge is 0.469 e. The van der Waals surface area contributed by atoms with Crippen LogP contribution in [-0.2, 0) is 14.3 Å². The van der Waals surface area contributed by atoms with Crippen molar-refractivity contribution in [3.63, 3.8) is 0 Å². The molecule has 0 atom stereocenters. The Labute approximate surface area is 180 Å². The average Bonchev–Trinajstić information content (AvgIpc) is 2.67. The summed E-state index contributed by atoms with van der Waals surface area (Å²) in [4.78, 5) is 30.5. The van der Waals surface area contributed by atoms with Gasteiger partial charge < -0.3 is 20.3 Å². The molecule has 0 unspecified atom stereocenters. The molecule has 1 saturated heterocycles. The summed E-state index contributed by atoms with van der Waals surface area (Å²) in [7, 11) is 1.44. The molecule has 1 saturated carbocycles. The molecular weight excluding hydrogens is 459 g/mol. The van der Waals surface area contributed by atoms with Crippen LogP contribution in [-0.4, -0.2) is 62.1 Å². The fraction of sp³-hybridized carbons (Fsp3) is 0.842. The van der Waals surface area contributed by atoms with Crippen LogP contribution in [0.25, 0.3) is 0 Å². The monoisotopic (exact) mass is 494 g/mol. The molecule has 2 N–H and O–H groups in total. The average molecular weight is 494 g/mol. The van der Waals surface area contributed by atoms with Gasteiger partial charge in [0.1, 0.15) is 0 Å². The fourth-order valence-electron chi connectivity index (χ4n) is 3.73.